The van der Waals surface area contributed by atoms with Crippen LogP contribution in [0.2, 0.25) is 0 Å². The number of rotatable bonds is 7. The maximum Gasteiger partial charge on any atom is 0.336 e. The Morgan fingerprint density at radius 3 is 2.34 bits per heavy atom. The van der Waals surface area contributed by atoms with Crippen LogP contribution in [0.5, 0.6) is 0 Å². The van der Waals surface area contributed by atoms with Crippen molar-refractivity contribution in [1.82, 2.24) is 20.3 Å². The number of benzene rings is 4. The maximum absolute atomic E-state index is 12.6. The van der Waals surface area contributed by atoms with E-state index in [1.54, 1.807) is 35.0 Å². The number of aromatic carboxylic acids is 1. The van der Waals surface area contributed by atoms with Crippen LogP contribution in [0.3, 0.4) is 0 Å². The van der Waals surface area contributed by atoms with E-state index < -0.39 is 5.97 Å². The van der Waals surface area contributed by atoms with Crippen molar-refractivity contribution in [2.45, 2.75) is 13.1 Å². The first-order chi connectivity index (χ1) is 17.1. The van der Waals surface area contributed by atoms with Crippen molar-refractivity contribution in [2.75, 3.05) is 0 Å². The normalized spacial score (nSPS) is 10.9. The highest BCUT2D eigenvalue weighted by Crippen LogP contribution is 2.24. The molecule has 7 heteroatoms. The molecule has 5 aromatic rings. The van der Waals surface area contributed by atoms with E-state index in [1.165, 1.54) is 0 Å². The molecule has 5 rings (SSSR count). The number of hydrogen-bond donors (Lipinski definition) is 2. The zero-order chi connectivity index (χ0) is 24.2. The summed E-state index contributed by atoms with van der Waals surface area (Å²) in [5, 5.41) is 20.9. The first kappa shape index (κ1) is 22.0. The SMILES string of the molecule is O=C(NCc1ccccc1)c1ccc2c(c1)nnn2Cc1ccc(-c2ccccc2C(=O)O)cc1. The number of nitrogens with one attached hydrogen (secondary N) is 1. The molecule has 7 nitrogen and oxygen atoms in total. The Bertz CT molecular complexity index is 1510. The Kier molecular flexibility index (Phi) is 6.05. The molecule has 2 N–H and O–H groups in total. The van der Waals surface area contributed by atoms with E-state index in [0.717, 1.165) is 22.2 Å². The van der Waals surface area contributed by atoms with Gasteiger partial charge in [-0.15, -0.1) is 5.10 Å². The van der Waals surface area contributed by atoms with Crippen molar-refractivity contribution in [3.63, 3.8) is 0 Å². The van der Waals surface area contributed by atoms with Crippen LogP contribution in [-0.4, -0.2) is 32.0 Å². The van der Waals surface area contributed by atoms with E-state index in [0.29, 0.717) is 29.7 Å². The molecule has 0 saturated carbocycles. The number of nitrogens with zero attached hydrogens (tertiary/aromatic N) is 3. The summed E-state index contributed by atoms with van der Waals surface area (Å²) in [6.07, 6.45) is 0. The number of carboxylic acids is 1. The van der Waals surface area contributed by atoms with Crippen molar-refractivity contribution < 1.29 is 14.7 Å². The van der Waals surface area contributed by atoms with Gasteiger partial charge in [0, 0.05) is 12.1 Å². The van der Waals surface area contributed by atoms with Gasteiger partial charge in [-0.2, -0.15) is 0 Å². The van der Waals surface area contributed by atoms with Crippen LogP contribution in [0.4, 0.5) is 0 Å². The summed E-state index contributed by atoms with van der Waals surface area (Å²) in [5.41, 5.74) is 5.81. The van der Waals surface area contributed by atoms with Gasteiger partial charge in [-0.05, 0) is 46.5 Å². The van der Waals surface area contributed by atoms with Gasteiger partial charge in [-0.1, -0.05) is 78.0 Å². The van der Waals surface area contributed by atoms with Crippen molar-refractivity contribution in [2.24, 2.45) is 0 Å². The number of carbonyl (C=O) groups is 2. The van der Waals surface area contributed by atoms with Gasteiger partial charge in [0.05, 0.1) is 17.6 Å². The molecule has 0 radical (unpaired) electrons. The predicted molar refractivity (Wildman–Crippen MR) is 133 cm³/mol. The molecule has 1 amide bonds. The summed E-state index contributed by atoms with van der Waals surface area (Å²) in [7, 11) is 0. The average Bonchev–Trinajstić information content (AvgIpc) is 3.30. The third-order valence-corrected chi connectivity index (χ3v) is 5.83. The number of aromatic nitrogens is 3. The highest BCUT2D eigenvalue weighted by atomic mass is 16.4. The standard InChI is InChI=1S/C28H22N4O3/c33-27(29-17-19-6-2-1-3-7-19)22-14-15-26-25(16-22)30-31-32(26)18-20-10-12-21(13-11-20)23-8-4-5-9-24(23)28(34)35/h1-16H,17-18H2,(H,29,33)(H,34,35). The maximum atomic E-state index is 12.6. The second kappa shape index (κ2) is 9.61. The molecule has 1 heterocycles. The topological polar surface area (TPSA) is 97.1 Å². The van der Waals surface area contributed by atoms with E-state index >= 15 is 0 Å². The Morgan fingerprint density at radius 1 is 0.829 bits per heavy atom. The molecule has 0 unspecified atom stereocenters. The molecule has 0 aliphatic carbocycles. The lowest BCUT2D eigenvalue weighted by molar-refractivity contribution is 0.0697. The van der Waals surface area contributed by atoms with E-state index in [-0.39, 0.29) is 11.5 Å². The van der Waals surface area contributed by atoms with Gasteiger partial charge in [0.25, 0.3) is 5.91 Å². The van der Waals surface area contributed by atoms with Gasteiger partial charge in [-0.3, -0.25) is 4.79 Å². The molecule has 0 bridgehead atoms. The van der Waals surface area contributed by atoms with Gasteiger partial charge < -0.3 is 10.4 Å². The Morgan fingerprint density at radius 2 is 1.57 bits per heavy atom. The molecule has 0 fully saturated rings. The highest BCUT2D eigenvalue weighted by Gasteiger charge is 2.13. The fourth-order valence-corrected chi connectivity index (χ4v) is 3.99. The molecular formula is C28H22N4O3. The first-order valence-corrected chi connectivity index (χ1v) is 11.2. The third-order valence-electron chi connectivity index (χ3n) is 5.83. The van der Waals surface area contributed by atoms with Crippen LogP contribution in [-0.2, 0) is 13.1 Å². The van der Waals surface area contributed by atoms with Crippen molar-refractivity contribution in [3.8, 4) is 11.1 Å². The van der Waals surface area contributed by atoms with Gasteiger partial charge in [-0.25, -0.2) is 9.48 Å². The first-order valence-electron chi connectivity index (χ1n) is 11.2. The Labute approximate surface area is 201 Å². The lowest BCUT2D eigenvalue weighted by Crippen LogP contribution is -2.22. The summed E-state index contributed by atoms with van der Waals surface area (Å²) >= 11 is 0. The summed E-state index contributed by atoms with van der Waals surface area (Å²) in [5.74, 6) is -1.12. The molecule has 0 aliphatic rings. The summed E-state index contributed by atoms with van der Waals surface area (Å²) in [6.45, 7) is 0.953. The zero-order valence-corrected chi connectivity index (χ0v) is 18.8. The number of hydrogen-bond acceptors (Lipinski definition) is 4. The van der Waals surface area contributed by atoms with Gasteiger partial charge in [0.2, 0.25) is 0 Å². The molecule has 0 spiro atoms. The summed E-state index contributed by atoms with van der Waals surface area (Å²) < 4.78 is 1.78. The fraction of sp³-hybridized carbons (Fsp3) is 0.0714. The monoisotopic (exact) mass is 462 g/mol. The van der Waals surface area contributed by atoms with Crippen LogP contribution in [0, 0.1) is 0 Å². The molecule has 0 saturated heterocycles. The zero-order valence-electron chi connectivity index (χ0n) is 18.8. The smallest absolute Gasteiger partial charge is 0.336 e. The molecule has 1 aromatic heterocycles. The molecule has 172 valence electrons. The Hall–Kier alpha value is -4.78. The third kappa shape index (κ3) is 4.79. The summed E-state index contributed by atoms with van der Waals surface area (Å²) in [6, 6.07) is 29.8. The lowest BCUT2D eigenvalue weighted by Gasteiger charge is -2.08. The van der Waals surface area contributed by atoms with Crippen molar-refractivity contribution >= 4 is 22.9 Å². The van der Waals surface area contributed by atoms with Gasteiger partial charge in [0.1, 0.15) is 5.52 Å². The summed E-state index contributed by atoms with van der Waals surface area (Å²) in [4.78, 5) is 24.1. The molecule has 4 aromatic carbocycles. The van der Waals surface area contributed by atoms with Gasteiger partial charge in [0.15, 0.2) is 0 Å². The highest BCUT2D eigenvalue weighted by molar-refractivity contribution is 5.97. The predicted octanol–water partition coefficient (Wildman–Crippen LogP) is 4.77. The number of carbonyl (C=O) groups excluding carboxylic acids is 1. The van der Waals surface area contributed by atoms with E-state index in [1.807, 2.05) is 66.7 Å². The van der Waals surface area contributed by atoms with Crippen LogP contribution >= 0.6 is 0 Å². The molecular weight excluding hydrogens is 440 g/mol. The second-order valence-electron chi connectivity index (χ2n) is 8.17. The lowest BCUT2D eigenvalue weighted by atomic mass is 9.99. The number of carboxylic acid groups (broad SMARTS) is 1. The van der Waals surface area contributed by atoms with E-state index in [2.05, 4.69) is 15.6 Å². The minimum Gasteiger partial charge on any atom is -0.478 e. The van der Waals surface area contributed by atoms with E-state index in [4.69, 9.17) is 0 Å². The molecule has 0 atom stereocenters. The minimum atomic E-state index is -0.952. The largest absolute Gasteiger partial charge is 0.478 e. The van der Waals surface area contributed by atoms with Crippen LogP contribution in [0.1, 0.15) is 31.8 Å². The second-order valence-corrected chi connectivity index (χ2v) is 8.17. The number of fused-ring (bicyclic) bond motifs is 1. The average molecular weight is 463 g/mol. The Balaban J connectivity index is 1.30. The molecule has 0 aliphatic heterocycles. The van der Waals surface area contributed by atoms with Crippen LogP contribution < -0.4 is 5.32 Å². The van der Waals surface area contributed by atoms with Crippen molar-refractivity contribution in [3.05, 3.63) is 119 Å². The number of amides is 1. The van der Waals surface area contributed by atoms with Crippen LogP contribution in [0.25, 0.3) is 22.2 Å². The fourth-order valence-electron chi connectivity index (χ4n) is 3.99. The molecule has 35 heavy (non-hydrogen) atoms. The minimum absolute atomic E-state index is 0.164. The van der Waals surface area contributed by atoms with Gasteiger partial charge >= 0.3 is 5.97 Å². The van der Waals surface area contributed by atoms with Crippen LogP contribution in [0.15, 0.2) is 97.1 Å². The van der Waals surface area contributed by atoms with Crippen molar-refractivity contribution in [1.29, 1.82) is 0 Å². The quantitative estimate of drug-likeness (QED) is 0.363. The van der Waals surface area contributed by atoms with E-state index in [9.17, 15) is 14.7 Å².